The Morgan fingerprint density at radius 1 is 0.958 bits per heavy atom. The molecule has 0 aromatic heterocycles. The molecule has 0 aliphatic heterocycles. The molecule has 252 valence electrons. The SMILES string of the molecule is COc1ccc(S(=O)(=O)N(CC(=O)N(Cc2ccccc2Cl)C(Cc2ccccc2)C(=O)NC2CCCC2)c2ccc(C)cc2)cc1Br. The molecule has 2 amide bonds. The van der Waals surface area contributed by atoms with Crippen LogP contribution in [0.25, 0.3) is 0 Å². The van der Waals surface area contributed by atoms with E-state index in [0.29, 0.717) is 26.5 Å². The Hall–Kier alpha value is -3.86. The number of methoxy groups -OCH3 is 1. The van der Waals surface area contributed by atoms with E-state index in [1.54, 1.807) is 48.5 Å². The first-order chi connectivity index (χ1) is 23.1. The Kier molecular flexibility index (Phi) is 11.8. The van der Waals surface area contributed by atoms with Crippen LogP contribution in [0.15, 0.2) is 106 Å². The lowest BCUT2D eigenvalue weighted by Crippen LogP contribution is -2.54. The largest absolute Gasteiger partial charge is 0.496 e. The van der Waals surface area contributed by atoms with Crippen LogP contribution in [0.4, 0.5) is 5.69 Å². The lowest BCUT2D eigenvalue weighted by molar-refractivity contribution is -0.140. The van der Waals surface area contributed by atoms with Gasteiger partial charge in [-0.1, -0.05) is 90.7 Å². The summed E-state index contributed by atoms with van der Waals surface area (Å²) in [6, 6.07) is 27.1. The number of ether oxygens (including phenoxy) is 1. The Morgan fingerprint density at radius 2 is 1.62 bits per heavy atom. The van der Waals surface area contributed by atoms with Crippen molar-refractivity contribution in [2.45, 2.75) is 62.6 Å². The summed E-state index contributed by atoms with van der Waals surface area (Å²) in [4.78, 5) is 30.3. The summed E-state index contributed by atoms with van der Waals surface area (Å²) in [6.45, 7) is 1.35. The topological polar surface area (TPSA) is 96.0 Å². The van der Waals surface area contributed by atoms with Gasteiger partial charge in [-0.15, -0.1) is 0 Å². The molecule has 0 saturated heterocycles. The van der Waals surface area contributed by atoms with E-state index in [9.17, 15) is 18.0 Å². The summed E-state index contributed by atoms with van der Waals surface area (Å²) in [7, 11) is -2.78. The van der Waals surface area contributed by atoms with Gasteiger partial charge >= 0.3 is 0 Å². The third-order valence-electron chi connectivity index (χ3n) is 8.58. The summed E-state index contributed by atoms with van der Waals surface area (Å²) < 4.78 is 35.6. The Morgan fingerprint density at radius 3 is 2.27 bits per heavy atom. The minimum Gasteiger partial charge on any atom is -0.496 e. The molecule has 1 N–H and O–H groups in total. The molecule has 1 aliphatic rings. The average molecular weight is 753 g/mol. The highest BCUT2D eigenvalue weighted by atomic mass is 79.9. The minimum atomic E-state index is -4.27. The molecule has 1 unspecified atom stereocenters. The Bertz CT molecular complexity index is 1830. The van der Waals surface area contributed by atoms with Crippen LogP contribution in [0.3, 0.4) is 0 Å². The van der Waals surface area contributed by atoms with E-state index in [-0.39, 0.29) is 29.8 Å². The van der Waals surface area contributed by atoms with E-state index < -0.39 is 28.5 Å². The number of nitrogens with one attached hydrogen (secondary N) is 1. The van der Waals surface area contributed by atoms with Gasteiger partial charge in [-0.25, -0.2) is 8.42 Å². The maximum Gasteiger partial charge on any atom is 0.264 e. The summed E-state index contributed by atoms with van der Waals surface area (Å²) >= 11 is 10.00. The van der Waals surface area contributed by atoms with Crippen molar-refractivity contribution >= 4 is 55.1 Å². The zero-order valence-electron chi connectivity index (χ0n) is 26.9. The van der Waals surface area contributed by atoms with E-state index >= 15 is 0 Å². The van der Waals surface area contributed by atoms with Gasteiger partial charge in [-0.3, -0.25) is 13.9 Å². The Balaban J connectivity index is 1.58. The second kappa shape index (κ2) is 16.0. The molecule has 5 rings (SSSR count). The first-order valence-electron chi connectivity index (χ1n) is 15.9. The molecule has 0 radical (unpaired) electrons. The zero-order valence-corrected chi connectivity index (χ0v) is 30.1. The maximum atomic E-state index is 14.7. The van der Waals surface area contributed by atoms with E-state index in [1.807, 2.05) is 43.3 Å². The van der Waals surface area contributed by atoms with Crippen molar-refractivity contribution < 1.29 is 22.7 Å². The fourth-order valence-electron chi connectivity index (χ4n) is 5.91. The molecule has 1 aliphatic carbocycles. The van der Waals surface area contributed by atoms with Gasteiger partial charge in [0.15, 0.2) is 0 Å². The van der Waals surface area contributed by atoms with Crippen LogP contribution >= 0.6 is 27.5 Å². The smallest absolute Gasteiger partial charge is 0.264 e. The molecule has 1 atom stereocenters. The highest BCUT2D eigenvalue weighted by molar-refractivity contribution is 9.10. The number of hydrogen-bond acceptors (Lipinski definition) is 5. The van der Waals surface area contributed by atoms with E-state index in [1.165, 1.54) is 24.1 Å². The predicted octanol–water partition coefficient (Wildman–Crippen LogP) is 7.31. The third-order valence-corrected chi connectivity index (χ3v) is 11.3. The first-order valence-corrected chi connectivity index (χ1v) is 18.5. The quantitative estimate of drug-likeness (QED) is 0.155. The van der Waals surface area contributed by atoms with Gasteiger partial charge in [0, 0.05) is 24.0 Å². The van der Waals surface area contributed by atoms with Crippen molar-refractivity contribution in [2.24, 2.45) is 0 Å². The second-order valence-electron chi connectivity index (χ2n) is 12.0. The molecule has 4 aromatic carbocycles. The van der Waals surface area contributed by atoms with Crippen LogP contribution in [0.2, 0.25) is 5.02 Å². The van der Waals surface area contributed by atoms with Gasteiger partial charge in [0.25, 0.3) is 10.0 Å². The van der Waals surface area contributed by atoms with E-state index in [4.69, 9.17) is 16.3 Å². The average Bonchev–Trinajstić information content (AvgIpc) is 3.59. The molecule has 11 heteroatoms. The predicted molar refractivity (Wildman–Crippen MR) is 193 cm³/mol. The van der Waals surface area contributed by atoms with Gasteiger partial charge in [0.1, 0.15) is 18.3 Å². The van der Waals surface area contributed by atoms with Crippen LogP contribution in [-0.4, -0.2) is 50.9 Å². The van der Waals surface area contributed by atoms with E-state index in [0.717, 1.165) is 41.1 Å². The lowest BCUT2D eigenvalue weighted by Gasteiger charge is -2.34. The minimum absolute atomic E-state index is 0.00393. The van der Waals surface area contributed by atoms with Gasteiger partial charge in [-0.2, -0.15) is 0 Å². The van der Waals surface area contributed by atoms with Gasteiger partial charge < -0.3 is 15.0 Å². The van der Waals surface area contributed by atoms with Crippen molar-refractivity contribution in [3.8, 4) is 5.75 Å². The molecule has 1 fully saturated rings. The molecule has 8 nitrogen and oxygen atoms in total. The molecule has 4 aromatic rings. The van der Waals surface area contributed by atoms with Crippen molar-refractivity contribution in [1.29, 1.82) is 0 Å². The van der Waals surface area contributed by atoms with Crippen LogP contribution in [0, 0.1) is 6.92 Å². The summed E-state index contributed by atoms with van der Waals surface area (Å²) in [6.07, 6.45) is 4.04. The fourth-order valence-corrected chi connectivity index (χ4v) is 8.23. The fraction of sp³-hybridized carbons (Fsp3) is 0.297. The summed E-state index contributed by atoms with van der Waals surface area (Å²) in [5, 5.41) is 3.63. The number of anilines is 1. The second-order valence-corrected chi connectivity index (χ2v) is 15.1. The highest BCUT2D eigenvalue weighted by Crippen LogP contribution is 2.31. The van der Waals surface area contributed by atoms with Crippen LogP contribution in [0.1, 0.15) is 42.4 Å². The number of halogens is 2. The number of benzene rings is 4. The molecular weight excluding hydrogens is 714 g/mol. The highest BCUT2D eigenvalue weighted by Gasteiger charge is 2.36. The summed E-state index contributed by atoms with van der Waals surface area (Å²) in [5.41, 5.74) is 2.75. The van der Waals surface area contributed by atoms with Gasteiger partial charge in [0.2, 0.25) is 11.8 Å². The van der Waals surface area contributed by atoms with Crippen molar-refractivity contribution in [2.75, 3.05) is 18.0 Å². The maximum absolute atomic E-state index is 14.7. The zero-order chi connectivity index (χ0) is 34.3. The number of carbonyl (C=O) groups excluding carboxylic acids is 2. The number of nitrogens with zero attached hydrogens (tertiary/aromatic N) is 2. The van der Waals surface area contributed by atoms with E-state index in [2.05, 4.69) is 21.2 Å². The number of hydrogen-bond donors (Lipinski definition) is 1. The first kappa shape index (κ1) is 35.4. The van der Waals surface area contributed by atoms with Gasteiger partial charge in [0.05, 0.1) is 22.2 Å². The molecule has 0 bridgehead atoms. The number of rotatable bonds is 13. The molecule has 1 saturated carbocycles. The number of aryl methyl sites for hydroxylation is 1. The summed E-state index contributed by atoms with van der Waals surface area (Å²) in [5.74, 6) is -0.362. The molecule has 0 spiro atoms. The van der Waals surface area contributed by atoms with Crippen LogP contribution in [-0.2, 0) is 32.6 Å². The van der Waals surface area contributed by atoms with Crippen LogP contribution in [0.5, 0.6) is 5.75 Å². The molecular formula is C37H39BrClN3O5S. The third kappa shape index (κ3) is 8.59. The monoisotopic (exact) mass is 751 g/mol. The van der Waals surface area contributed by atoms with Crippen molar-refractivity contribution in [3.63, 3.8) is 0 Å². The number of amides is 2. The van der Waals surface area contributed by atoms with Crippen molar-refractivity contribution in [1.82, 2.24) is 10.2 Å². The number of sulfonamides is 1. The van der Waals surface area contributed by atoms with Crippen LogP contribution < -0.4 is 14.4 Å². The van der Waals surface area contributed by atoms with Crippen molar-refractivity contribution in [3.05, 3.63) is 123 Å². The lowest BCUT2D eigenvalue weighted by atomic mass is 10.0. The number of carbonyl (C=O) groups is 2. The van der Waals surface area contributed by atoms with Gasteiger partial charge in [-0.05, 0) is 83.2 Å². The normalized spacial score (nSPS) is 13.9. The Labute approximate surface area is 296 Å². The standard InChI is InChI=1S/C37H39BrClN3O5S/c1-26-16-18-30(19-17-26)42(48(45,46)31-20-21-35(47-2)32(38)23-31)25-36(43)41(24-28-12-6-9-15-33(28)39)34(22-27-10-4-3-5-11-27)37(44)40-29-13-7-8-14-29/h3-6,9-12,15-21,23,29,34H,7-8,13-14,22,24-25H2,1-2H3,(H,40,44). The molecule has 0 heterocycles. The molecule has 48 heavy (non-hydrogen) atoms.